The molecular weight excluding hydrogens is 516 g/mol. The number of hydrogen-bond donors (Lipinski definition) is 3. The molecule has 4 aliphatic carbocycles. The van der Waals surface area contributed by atoms with E-state index < -0.39 is 12.2 Å². The van der Waals surface area contributed by atoms with Gasteiger partial charge in [0.1, 0.15) is 0 Å². The Morgan fingerprint density at radius 2 is 1.52 bits per heavy atom. The standard InChI is InChI=1S/C39H62O3/c1-24(2)13-12-18-36(7,22-27-25(3)14-11-15-26(27)4)28-16-19-39(10)33(28)29(40)21-32-37(8)23-30(41)34(42)35(5,6)31(37)17-20-38(32,39)9/h11,13-15,28-34,40-42H,12,16-23H2,1-10H3/t28?,29?,30-,31?,32?,33?,34?,36-,37?,38?,39-/m1/s1. The lowest BCUT2D eigenvalue weighted by Crippen LogP contribution is -2.68. The van der Waals surface area contributed by atoms with Crippen molar-refractivity contribution < 1.29 is 15.3 Å². The fourth-order valence-electron chi connectivity index (χ4n) is 12.3. The Kier molecular flexibility index (Phi) is 8.24. The number of aryl methyl sites for hydroxylation is 2. The first-order valence-electron chi connectivity index (χ1n) is 17.1. The Labute approximate surface area is 257 Å². The molecule has 1 aromatic rings. The van der Waals surface area contributed by atoms with Crippen LogP contribution in [0.15, 0.2) is 29.8 Å². The van der Waals surface area contributed by atoms with Crippen LogP contribution in [0.2, 0.25) is 0 Å². The first kappa shape index (κ1) is 32.2. The molecule has 4 saturated carbocycles. The third-order valence-electron chi connectivity index (χ3n) is 14.7. The maximum absolute atomic E-state index is 12.3. The Hall–Kier alpha value is -1.16. The van der Waals surface area contributed by atoms with Crippen molar-refractivity contribution in [3.63, 3.8) is 0 Å². The molecular formula is C39H62O3. The van der Waals surface area contributed by atoms with Gasteiger partial charge in [-0.05, 0) is 153 Å². The summed E-state index contributed by atoms with van der Waals surface area (Å²) in [6, 6.07) is 6.73. The van der Waals surface area contributed by atoms with E-state index >= 15 is 0 Å². The lowest BCUT2D eigenvalue weighted by Gasteiger charge is -2.71. The molecule has 8 unspecified atom stereocenters. The van der Waals surface area contributed by atoms with E-state index in [2.05, 4.69) is 93.5 Å². The molecule has 0 saturated heterocycles. The molecule has 4 aliphatic rings. The summed E-state index contributed by atoms with van der Waals surface area (Å²) >= 11 is 0. The van der Waals surface area contributed by atoms with Crippen molar-refractivity contribution in [1.82, 2.24) is 0 Å². The zero-order valence-corrected chi connectivity index (χ0v) is 28.6. The number of hydrogen-bond acceptors (Lipinski definition) is 3. The second kappa shape index (κ2) is 10.7. The van der Waals surface area contributed by atoms with Crippen molar-refractivity contribution in [3.8, 4) is 0 Å². The molecule has 0 bridgehead atoms. The maximum Gasteiger partial charge on any atom is 0.0852 e. The average molecular weight is 579 g/mol. The van der Waals surface area contributed by atoms with Crippen LogP contribution in [0.5, 0.6) is 0 Å². The van der Waals surface area contributed by atoms with Crippen molar-refractivity contribution >= 4 is 0 Å². The van der Waals surface area contributed by atoms with E-state index in [-0.39, 0.29) is 39.1 Å². The van der Waals surface area contributed by atoms with Crippen LogP contribution in [0.1, 0.15) is 123 Å². The summed E-state index contributed by atoms with van der Waals surface area (Å²) in [5.41, 5.74) is 5.53. The van der Waals surface area contributed by atoms with Gasteiger partial charge in [0.2, 0.25) is 0 Å². The molecule has 236 valence electrons. The van der Waals surface area contributed by atoms with Crippen LogP contribution in [0.25, 0.3) is 0 Å². The first-order valence-corrected chi connectivity index (χ1v) is 17.1. The topological polar surface area (TPSA) is 60.7 Å². The Balaban J connectivity index is 1.54. The van der Waals surface area contributed by atoms with Gasteiger partial charge in [0.05, 0.1) is 18.3 Å². The van der Waals surface area contributed by atoms with Gasteiger partial charge >= 0.3 is 0 Å². The van der Waals surface area contributed by atoms with Gasteiger partial charge in [-0.15, -0.1) is 0 Å². The van der Waals surface area contributed by atoms with E-state index in [9.17, 15) is 15.3 Å². The summed E-state index contributed by atoms with van der Waals surface area (Å²) < 4.78 is 0. The second-order valence-corrected chi connectivity index (χ2v) is 17.5. The zero-order valence-electron chi connectivity index (χ0n) is 28.6. The second-order valence-electron chi connectivity index (χ2n) is 17.5. The van der Waals surface area contributed by atoms with E-state index in [1.165, 1.54) is 35.1 Å². The van der Waals surface area contributed by atoms with E-state index in [1.54, 1.807) is 0 Å². The monoisotopic (exact) mass is 578 g/mol. The van der Waals surface area contributed by atoms with Gasteiger partial charge in [0.15, 0.2) is 0 Å². The van der Waals surface area contributed by atoms with Crippen LogP contribution in [0.4, 0.5) is 0 Å². The summed E-state index contributed by atoms with van der Waals surface area (Å²) in [5.74, 6) is 1.45. The van der Waals surface area contributed by atoms with Crippen LogP contribution in [-0.4, -0.2) is 33.6 Å². The van der Waals surface area contributed by atoms with Gasteiger partial charge < -0.3 is 15.3 Å². The predicted octanol–water partition coefficient (Wildman–Crippen LogP) is 8.59. The molecule has 3 nitrogen and oxygen atoms in total. The van der Waals surface area contributed by atoms with Gasteiger partial charge in [0.25, 0.3) is 0 Å². The average Bonchev–Trinajstić information content (AvgIpc) is 3.27. The third kappa shape index (κ3) is 4.69. The molecule has 0 aromatic heterocycles. The van der Waals surface area contributed by atoms with E-state index in [1.807, 2.05) is 0 Å². The van der Waals surface area contributed by atoms with Crippen LogP contribution in [-0.2, 0) is 6.42 Å². The zero-order chi connectivity index (χ0) is 31.0. The van der Waals surface area contributed by atoms with E-state index in [4.69, 9.17) is 0 Å². The van der Waals surface area contributed by atoms with Crippen molar-refractivity contribution in [1.29, 1.82) is 0 Å². The lowest BCUT2D eigenvalue weighted by molar-refractivity contribution is -0.261. The number of benzene rings is 1. The molecule has 0 aliphatic heterocycles. The quantitative estimate of drug-likeness (QED) is 0.296. The third-order valence-corrected chi connectivity index (χ3v) is 14.7. The minimum Gasteiger partial charge on any atom is -0.393 e. The minimum absolute atomic E-state index is 0.0533. The minimum atomic E-state index is -0.696. The van der Waals surface area contributed by atoms with Crippen molar-refractivity contribution in [2.24, 2.45) is 50.7 Å². The van der Waals surface area contributed by atoms with Crippen LogP contribution in [0.3, 0.4) is 0 Å². The Morgan fingerprint density at radius 1 is 0.905 bits per heavy atom. The first-order chi connectivity index (χ1) is 19.4. The number of aliphatic hydroxyl groups is 3. The Bertz CT molecular complexity index is 1180. The van der Waals surface area contributed by atoms with Gasteiger partial charge in [-0.25, -0.2) is 0 Å². The number of fused-ring (bicyclic) bond motifs is 5. The summed E-state index contributed by atoms with van der Waals surface area (Å²) in [6.07, 6.45) is 10.1. The molecule has 0 spiro atoms. The largest absolute Gasteiger partial charge is 0.393 e. The highest BCUT2D eigenvalue weighted by atomic mass is 16.3. The molecule has 0 amide bonds. The van der Waals surface area contributed by atoms with Crippen molar-refractivity contribution in [2.75, 3.05) is 0 Å². The normalized spacial score (nSPS) is 44.0. The van der Waals surface area contributed by atoms with Gasteiger partial charge in [0, 0.05) is 0 Å². The van der Waals surface area contributed by atoms with E-state index in [0.29, 0.717) is 24.2 Å². The molecule has 5 rings (SSSR count). The van der Waals surface area contributed by atoms with Gasteiger partial charge in [-0.1, -0.05) is 71.4 Å². The highest BCUT2D eigenvalue weighted by molar-refractivity contribution is 5.35. The highest BCUT2D eigenvalue weighted by Gasteiger charge is 2.72. The SMILES string of the molecule is CC(C)=CCC[C@](C)(Cc1c(C)cccc1C)C1CC[C@]2(C)C1C(O)CC1C3(C)C[C@@H](O)C(O)C(C)(C)C3CCC12C. The number of aliphatic hydroxyl groups excluding tert-OH is 3. The van der Waals surface area contributed by atoms with Crippen LogP contribution in [0, 0.1) is 64.6 Å². The molecule has 11 atom stereocenters. The molecule has 1 aromatic carbocycles. The maximum atomic E-state index is 12.3. The molecule has 3 heteroatoms. The van der Waals surface area contributed by atoms with Crippen LogP contribution >= 0.6 is 0 Å². The van der Waals surface area contributed by atoms with Gasteiger partial charge in [-0.2, -0.15) is 0 Å². The molecule has 42 heavy (non-hydrogen) atoms. The number of rotatable bonds is 6. The fraction of sp³-hybridized carbons (Fsp3) is 0.795. The summed E-state index contributed by atoms with van der Waals surface area (Å²) in [4.78, 5) is 0. The van der Waals surface area contributed by atoms with Crippen LogP contribution < -0.4 is 0 Å². The number of allylic oxidation sites excluding steroid dienone is 2. The summed E-state index contributed by atoms with van der Waals surface area (Å²) in [7, 11) is 0. The van der Waals surface area contributed by atoms with Crippen molar-refractivity contribution in [2.45, 2.75) is 145 Å². The summed E-state index contributed by atoms with van der Waals surface area (Å²) in [5, 5.41) is 34.6. The molecule has 3 N–H and O–H groups in total. The van der Waals surface area contributed by atoms with E-state index in [0.717, 1.165) is 38.5 Å². The highest BCUT2D eigenvalue weighted by Crippen LogP contribution is 2.76. The molecule has 0 radical (unpaired) electrons. The predicted molar refractivity (Wildman–Crippen MR) is 174 cm³/mol. The van der Waals surface area contributed by atoms with Crippen molar-refractivity contribution in [3.05, 3.63) is 46.5 Å². The lowest BCUT2D eigenvalue weighted by atomic mass is 9.34. The fourth-order valence-corrected chi connectivity index (χ4v) is 12.3. The van der Waals surface area contributed by atoms with Gasteiger partial charge in [-0.3, -0.25) is 0 Å². The molecule has 4 fully saturated rings. The summed E-state index contributed by atoms with van der Waals surface area (Å²) in [6.45, 7) is 23.4. The molecule has 0 heterocycles. The Morgan fingerprint density at radius 3 is 2.14 bits per heavy atom. The smallest absolute Gasteiger partial charge is 0.0852 e.